The lowest BCUT2D eigenvalue weighted by atomic mass is 9.99. The van der Waals surface area contributed by atoms with Gasteiger partial charge in [-0.15, -0.1) is 0 Å². The number of anilines is 1. The van der Waals surface area contributed by atoms with Crippen molar-refractivity contribution in [1.29, 1.82) is 0 Å². The molecule has 0 amide bonds. The van der Waals surface area contributed by atoms with Crippen molar-refractivity contribution in [3.8, 4) is 0 Å². The van der Waals surface area contributed by atoms with Crippen LogP contribution in [0, 0.1) is 5.92 Å². The Morgan fingerprint density at radius 2 is 2.19 bits per heavy atom. The van der Waals surface area contributed by atoms with Crippen LogP contribution in [0.25, 0.3) is 0 Å². The smallest absolute Gasteiger partial charge is 0.129 e. The van der Waals surface area contributed by atoms with E-state index in [2.05, 4.69) is 24.1 Å². The molecular formula is C13H21ClN2. The molecule has 1 rings (SSSR count). The predicted octanol–water partition coefficient (Wildman–Crippen LogP) is 4.36. The maximum absolute atomic E-state index is 5.73. The van der Waals surface area contributed by atoms with Gasteiger partial charge in [0, 0.05) is 6.54 Å². The summed E-state index contributed by atoms with van der Waals surface area (Å²) in [6.45, 7) is 5.52. The van der Waals surface area contributed by atoms with Gasteiger partial charge in [0.2, 0.25) is 0 Å². The number of aromatic nitrogens is 1. The van der Waals surface area contributed by atoms with Gasteiger partial charge in [-0.25, -0.2) is 4.98 Å². The van der Waals surface area contributed by atoms with Crippen LogP contribution in [-0.4, -0.2) is 11.5 Å². The molecule has 0 saturated carbocycles. The van der Waals surface area contributed by atoms with E-state index in [4.69, 9.17) is 11.6 Å². The molecule has 90 valence electrons. The first-order valence-corrected chi connectivity index (χ1v) is 6.49. The lowest BCUT2D eigenvalue weighted by Crippen LogP contribution is -2.13. The molecule has 2 nitrogen and oxygen atoms in total. The van der Waals surface area contributed by atoms with Crippen molar-refractivity contribution in [2.75, 3.05) is 11.9 Å². The molecule has 0 radical (unpaired) electrons. The Morgan fingerprint density at radius 3 is 2.75 bits per heavy atom. The van der Waals surface area contributed by atoms with Crippen molar-refractivity contribution < 1.29 is 0 Å². The molecule has 0 aromatic carbocycles. The highest BCUT2D eigenvalue weighted by Crippen LogP contribution is 2.15. The third kappa shape index (κ3) is 4.84. The van der Waals surface area contributed by atoms with E-state index >= 15 is 0 Å². The second kappa shape index (κ2) is 7.50. The Labute approximate surface area is 103 Å². The fraction of sp³-hybridized carbons (Fsp3) is 0.615. The highest BCUT2D eigenvalue weighted by atomic mass is 35.5. The number of rotatable bonds is 7. The van der Waals surface area contributed by atoms with Crippen molar-refractivity contribution in [3.05, 3.63) is 23.5 Å². The third-order valence-corrected chi connectivity index (χ3v) is 3.09. The Kier molecular flexibility index (Phi) is 6.24. The second-order valence-electron chi connectivity index (χ2n) is 4.17. The predicted molar refractivity (Wildman–Crippen MR) is 71.0 cm³/mol. The van der Waals surface area contributed by atoms with E-state index in [1.165, 1.54) is 25.7 Å². The molecule has 1 N–H and O–H groups in total. The van der Waals surface area contributed by atoms with Crippen molar-refractivity contribution in [2.24, 2.45) is 5.92 Å². The van der Waals surface area contributed by atoms with Crippen LogP contribution < -0.4 is 5.32 Å². The molecule has 1 aromatic heterocycles. The lowest BCUT2D eigenvalue weighted by molar-refractivity contribution is 0.473. The van der Waals surface area contributed by atoms with Crippen molar-refractivity contribution in [2.45, 2.75) is 39.5 Å². The highest BCUT2D eigenvalue weighted by Gasteiger charge is 2.05. The minimum Gasteiger partial charge on any atom is -0.384 e. The Bertz CT molecular complexity index is 284. The summed E-state index contributed by atoms with van der Waals surface area (Å²) in [7, 11) is 0. The van der Waals surface area contributed by atoms with Crippen LogP contribution >= 0.6 is 11.6 Å². The molecule has 0 bridgehead atoms. The fourth-order valence-corrected chi connectivity index (χ4v) is 1.80. The minimum atomic E-state index is 0.545. The summed E-state index contributed by atoms with van der Waals surface area (Å²) in [6, 6.07) is 3.79. The number of nitrogens with one attached hydrogen (secondary N) is 1. The summed E-state index contributed by atoms with van der Waals surface area (Å²) >= 11 is 5.73. The van der Waals surface area contributed by atoms with E-state index in [0.29, 0.717) is 5.15 Å². The van der Waals surface area contributed by atoms with Gasteiger partial charge in [-0.05, 0) is 24.5 Å². The molecule has 0 fully saturated rings. The second-order valence-corrected chi connectivity index (χ2v) is 4.55. The van der Waals surface area contributed by atoms with Gasteiger partial charge < -0.3 is 5.32 Å². The molecule has 1 unspecified atom stereocenters. The number of pyridine rings is 1. The average Bonchev–Trinajstić information content (AvgIpc) is 2.32. The van der Waals surface area contributed by atoms with Crippen molar-refractivity contribution in [1.82, 2.24) is 4.98 Å². The zero-order chi connectivity index (χ0) is 11.8. The van der Waals surface area contributed by atoms with E-state index in [0.717, 1.165) is 18.2 Å². The topological polar surface area (TPSA) is 24.9 Å². The van der Waals surface area contributed by atoms with Crippen LogP contribution in [0.5, 0.6) is 0 Å². The van der Waals surface area contributed by atoms with E-state index in [1.807, 2.05) is 12.1 Å². The summed E-state index contributed by atoms with van der Waals surface area (Å²) < 4.78 is 0. The van der Waals surface area contributed by atoms with Gasteiger partial charge in [-0.2, -0.15) is 0 Å². The standard InChI is InChI=1S/C13H21ClN2/c1-3-5-6-11(4-2)9-15-12-7-8-13(14)16-10-12/h7-8,10-11,15H,3-6,9H2,1-2H3. The van der Waals surface area contributed by atoms with E-state index in [-0.39, 0.29) is 0 Å². The molecule has 0 aliphatic heterocycles. The van der Waals surface area contributed by atoms with Crippen LogP contribution in [-0.2, 0) is 0 Å². The molecule has 0 aliphatic carbocycles. The monoisotopic (exact) mass is 240 g/mol. The van der Waals surface area contributed by atoms with E-state index < -0.39 is 0 Å². The first-order valence-electron chi connectivity index (χ1n) is 6.11. The Hall–Kier alpha value is -0.760. The Balaban J connectivity index is 2.34. The Morgan fingerprint density at radius 1 is 1.38 bits per heavy atom. The number of halogens is 1. The van der Waals surface area contributed by atoms with Crippen LogP contribution in [0.4, 0.5) is 5.69 Å². The summed E-state index contributed by atoms with van der Waals surface area (Å²) in [5, 5.41) is 3.96. The molecule has 3 heteroatoms. The fourth-order valence-electron chi connectivity index (χ4n) is 1.69. The van der Waals surface area contributed by atoms with Gasteiger partial charge in [0.05, 0.1) is 11.9 Å². The number of nitrogens with zero attached hydrogens (tertiary/aromatic N) is 1. The van der Waals surface area contributed by atoms with Crippen LogP contribution in [0.2, 0.25) is 5.15 Å². The third-order valence-electron chi connectivity index (χ3n) is 2.87. The normalized spacial score (nSPS) is 12.4. The maximum atomic E-state index is 5.73. The zero-order valence-electron chi connectivity index (χ0n) is 10.2. The zero-order valence-corrected chi connectivity index (χ0v) is 10.9. The van der Waals surface area contributed by atoms with E-state index in [1.54, 1.807) is 6.20 Å². The van der Waals surface area contributed by atoms with Crippen molar-refractivity contribution >= 4 is 17.3 Å². The van der Waals surface area contributed by atoms with Gasteiger partial charge in [-0.1, -0.05) is 44.7 Å². The van der Waals surface area contributed by atoms with Crippen LogP contribution in [0.1, 0.15) is 39.5 Å². The number of hydrogen-bond donors (Lipinski definition) is 1. The molecular weight excluding hydrogens is 220 g/mol. The quantitative estimate of drug-likeness (QED) is 0.717. The maximum Gasteiger partial charge on any atom is 0.129 e. The largest absolute Gasteiger partial charge is 0.384 e. The summed E-state index contributed by atoms with van der Waals surface area (Å²) in [6.07, 6.45) is 6.92. The molecule has 1 atom stereocenters. The number of unbranched alkanes of at least 4 members (excludes halogenated alkanes) is 1. The first-order chi connectivity index (χ1) is 7.76. The molecule has 1 heterocycles. The molecule has 16 heavy (non-hydrogen) atoms. The van der Waals surface area contributed by atoms with Gasteiger partial charge >= 0.3 is 0 Å². The molecule has 1 aromatic rings. The van der Waals surface area contributed by atoms with Gasteiger partial charge in [0.25, 0.3) is 0 Å². The van der Waals surface area contributed by atoms with Gasteiger partial charge in [0.15, 0.2) is 0 Å². The summed E-state index contributed by atoms with van der Waals surface area (Å²) in [4.78, 5) is 4.05. The lowest BCUT2D eigenvalue weighted by Gasteiger charge is -2.15. The molecule has 0 spiro atoms. The molecule has 0 saturated heterocycles. The van der Waals surface area contributed by atoms with Gasteiger partial charge in [0.1, 0.15) is 5.15 Å². The molecule has 0 aliphatic rings. The highest BCUT2D eigenvalue weighted by molar-refractivity contribution is 6.29. The number of hydrogen-bond acceptors (Lipinski definition) is 2. The van der Waals surface area contributed by atoms with Crippen molar-refractivity contribution in [3.63, 3.8) is 0 Å². The summed E-state index contributed by atoms with van der Waals surface area (Å²) in [5.74, 6) is 0.760. The van der Waals surface area contributed by atoms with Crippen LogP contribution in [0.15, 0.2) is 18.3 Å². The SMILES string of the molecule is CCCCC(CC)CNc1ccc(Cl)nc1. The minimum absolute atomic E-state index is 0.545. The first kappa shape index (κ1) is 13.3. The summed E-state index contributed by atoms with van der Waals surface area (Å²) in [5.41, 5.74) is 1.05. The van der Waals surface area contributed by atoms with Crippen LogP contribution in [0.3, 0.4) is 0 Å². The average molecular weight is 241 g/mol. The van der Waals surface area contributed by atoms with E-state index in [9.17, 15) is 0 Å². The van der Waals surface area contributed by atoms with Gasteiger partial charge in [-0.3, -0.25) is 0 Å².